The maximum absolute atomic E-state index is 12.7. The lowest BCUT2D eigenvalue weighted by Crippen LogP contribution is -2.28. The fourth-order valence-electron chi connectivity index (χ4n) is 4.06. The van der Waals surface area contributed by atoms with Gasteiger partial charge in [0, 0.05) is 11.1 Å². The number of fused-ring (bicyclic) bond motifs is 1. The highest BCUT2D eigenvalue weighted by Crippen LogP contribution is 2.22. The van der Waals surface area contributed by atoms with Crippen LogP contribution in [0.25, 0.3) is 10.2 Å². The van der Waals surface area contributed by atoms with Crippen molar-refractivity contribution in [3.05, 3.63) is 99.2 Å². The Hall–Kier alpha value is -4.44. The lowest BCUT2D eigenvalue weighted by Gasteiger charge is -2.13. The quantitative estimate of drug-likeness (QED) is 0.108. The Morgan fingerprint density at radius 1 is 0.947 bits per heavy atom. The van der Waals surface area contributed by atoms with Crippen molar-refractivity contribution in [2.75, 3.05) is 20.8 Å². The van der Waals surface area contributed by atoms with Gasteiger partial charge in [0.05, 0.1) is 31.0 Å². The summed E-state index contributed by atoms with van der Waals surface area (Å²) >= 11 is 1.12. The van der Waals surface area contributed by atoms with Crippen LogP contribution < -0.4 is 9.61 Å². The van der Waals surface area contributed by atoms with Crippen LogP contribution in [0.3, 0.4) is 0 Å². The fraction of sp³-hybridized carbons (Fsp3) is 0.214. The number of oxime groups is 1. The molecular formula is C28H26N2O7S. The molecular weight excluding hydrogens is 508 g/mol. The average Bonchev–Trinajstić information content (AvgIpc) is 3.26. The van der Waals surface area contributed by atoms with Crippen molar-refractivity contribution < 1.29 is 29.0 Å². The maximum atomic E-state index is 12.7. The van der Waals surface area contributed by atoms with Crippen LogP contribution in [0.2, 0.25) is 0 Å². The summed E-state index contributed by atoms with van der Waals surface area (Å²) < 4.78 is 17.6. The first kappa shape index (κ1) is 26.6. The van der Waals surface area contributed by atoms with E-state index < -0.39 is 17.9 Å². The molecule has 0 aliphatic rings. The predicted molar refractivity (Wildman–Crippen MR) is 143 cm³/mol. The first-order chi connectivity index (χ1) is 18.4. The van der Waals surface area contributed by atoms with E-state index in [1.54, 1.807) is 28.8 Å². The third kappa shape index (κ3) is 5.92. The van der Waals surface area contributed by atoms with E-state index in [-0.39, 0.29) is 17.9 Å². The molecule has 0 saturated heterocycles. The Labute approximate surface area is 222 Å². The third-order valence-electron chi connectivity index (χ3n) is 6.01. The average molecular weight is 535 g/mol. The number of ether oxygens (including phenoxy) is 3. The van der Waals surface area contributed by atoms with Gasteiger partial charge >= 0.3 is 16.8 Å². The number of benzene rings is 3. The van der Waals surface area contributed by atoms with Crippen LogP contribution >= 0.6 is 11.3 Å². The van der Waals surface area contributed by atoms with E-state index in [9.17, 15) is 19.6 Å². The van der Waals surface area contributed by atoms with E-state index in [0.717, 1.165) is 32.7 Å². The molecule has 0 fully saturated rings. The number of hydrogen-bond acceptors (Lipinski definition) is 9. The van der Waals surface area contributed by atoms with Crippen molar-refractivity contribution in [2.24, 2.45) is 11.1 Å². The van der Waals surface area contributed by atoms with Crippen LogP contribution in [-0.2, 0) is 32.0 Å². The lowest BCUT2D eigenvalue weighted by molar-refractivity contribution is -0.158. The largest absolute Gasteiger partial charge is 0.492 e. The van der Waals surface area contributed by atoms with Crippen molar-refractivity contribution in [2.45, 2.75) is 13.0 Å². The van der Waals surface area contributed by atoms with Crippen molar-refractivity contribution in [1.29, 1.82) is 0 Å². The molecule has 0 aliphatic heterocycles. The topological polar surface area (TPSA) is 116 Å². The van der Waals surface area contributed by atoms with Gasteiger partial charge in [0.25, 0.3) is 0 Å². The first-order valence-corrected chi connectivity index (χ1v) is 12.6. The van der Waals surface area contributed by atoms with Crippen molar-refractivity contribution in [3.63, 3.8) is 0 Å². The minimum atomic E-state index is -1.04. The molecule has 0 bridgehead atoms. The minimum Gasteiger partial charge on any atom is -0.492 e. The fourth-order valence-corrected chi connectivity index (χ4v) is 5.02. The van der Waals surface area contributed by atoms with E-state index in [1.165, 1.54) is 14.2 Å². The summed E-state index contributed by atoms with van der Waals surface area (Å²) in [7, 11) is 2.45. The molecule has 38 heavy (non-hydrogen) atoms. The normalized spacial score (nSPS) is 11.5. The number of nitrogens with zero attached hydrogens (tertiary/aromatic N) is 2. The van der Waals surface area contributed by atoms with E-state index in [2.05, 4.69) is 5.16 Å². The summed E-state index contributed by atoms with van der Waals surface area (Å²) in [5.74, 6) is -1.76. The Balaban J connectivity index is 1.42. The highest BCUT2D eigenvalue weighted by Gasteiger charge is 2.28. The molecule has 1 aromatic heterocycles. The second kappa shape index (κ2) is 12.2. The van der Waals surface area contributed by atoms with Gasteiger partial charge in [-0.3, -0.25) is 19.0 Å². The lowest BCUT2D eigenvalue weighted by atomic mass is 9.99. The molecule has 0 unspecified atom stereocenters. The van der Waals surface area contributed by atoms with Gasteiger partial charge in [-0.05, 0) is 36.2 Å². The Morgan fingerprint density at radius 3 is 2.26 bits per heavy atom. The van der Waals surface area contributed by atoms with Crippen molar-refractivity contribution in [3.8, 4) is 5.75 Å². The molecule has 10 heteroatoms. The molecule has 196 valence electrons. The van der Waals surface area contributed by atoms with Crippen molar-refractivity contribution >= 4 is 39.2 Å². The number of carbonyl (C=O) groups excluding carboxylic acids is 2. The first-order valence-electron chi connectivity index (χ1n) is 11.7. The summed E-state index contributed by atoms with van der Waals surface area (Å²) in [5.41, 5.74) is 3.42. The van der Waals surface area contributed by atoms with Gasteiger partial charge in [0.2, 0.25) is 0 Å². The molecule has 9 nitrogen and oxygen atoms in total. The second-order valence-corrected chi connectivity index (χ2v) is 9.31. The van der Waals surface area contributed by atoms with Gasteiger partial charge in [-0.15, -0.1) is 0 Å². The number of methoxy groups -OCH3 is 2. The number of carbonyl (C=O) groups is 2. The number of hydrogen-bond donors (Lipinski definition) is 1. The molecule has 0 aliphatic carbocycles. The Morgan fingerprint density at radius 2 is 1.63 bits per heavy atom. The van der Waals surface area contributed by atoms with Crippen LogP contribution in [0.15, 0.2) is 82.7 Å². The number of thiazole rings is 1. The number of aromatic nitrogens is 1. The molecule has 0 radical (unpaired) electrons. The molecule has 0 amide bonds. The molecule has 3 aromatic carbocycles. The van der Waals surface area contributed by atoms with E-state index in [0.29, 0.717) is 23.6 Å². The molecule has 1 heterocycles. The van der Waals surface area contributed by atoms with Crippen LogP contribution in [-0.4, -0.2) is 48.3 Å². The standard InChI is InChI=1S/C28H26N2O7S/c1-35-26(31)22(27(32)36-2)16-18-8-11-21(12-9-18)37-15-14-30-23-13-10-20(17-24(23)38-28(30)33)25(29-34)19-6-4-3-5-7-19/h3-13,17,22,34H,14-16H2,1-2H3. The molecule has 0 spiro atoms. The zero-order valence-electron chi connectivity index (χ0n) is 20.8. The third-order valence-corrected chi connectivity index (χ3v) is 6.95. The molecule has 0 saturated carbocycles. The van der Waals surface area contributed by atoms with Crippen molar-refractivity contribution in [1.82, 2.24) is 4.57 Å². The van der Waals surface area contributed by atoms with Gasteiger partial charge in [-0.2, -0.15) is 0 Å². The summed E-state index contributed by atoms with van der Waals surface area (Å²) in [6.45, 7) is 0.597. The van der Waals surface area contributed by atoms with Gasteiger partial charge in [-0.1, -0.05) is 65.0 Å². The SMILES string of the molecule is COC(=O)C(Cc1ccc(OCCn2c(=O)sc3cc(C(=NO)c4ccccc4)ccc32)cc1)C(=O)OC. The zero-order valence-corrected chi connectivity index (χ0v) is 21.6. The Bertz CT molecular complexity index is 1490. The van der Waals surface area contributed by atoms with Crippen LogP contribution in [0.4, 0.5) is 0 Å². The summed E-state index contributed by atoms with van der Waals surface area (Å²) in [5, 5.41) is 13.1. The highest BCUT2D eigenvalue weighted by molar-refractivity contribution is 7.16. The predicted octanol–water partition coefficient (Wildman–Crippen LogP) is 3.87. The molecule has 1 N–H and O–H groups in total. The second-order valence-electron chi connectivity index (χ2n) is 8.31. The maximum Gasteiger partial charge on any atom is 0.320 e. The molecule has 4 aromatic rings. The van der Waals surface area contributed by atoms with E-state index >= 15 is 0 Å². The van der Waals surface area contributed by atoms with Gasteiger partial charge in [0.15, 0.2) is 5.92 Å². The summed E-state index contributed by atoms with van der Waals surface area (Å²) in [4.78, 5) is 36.4. The summed E-state index contributed by atoms with van der Waals surface area (Å²) in [6, 6.07) is 21.8. The number of rotatable bonds is 10. The minimum absolute atomic E-state index is 0.116. The van der Waals surface area contributed by atoms with Gasteiger partial charge in [0.1, 0.15) is 18.1 Å². The molecule has 0 atom stereocenters. The monoisotopic (exact) mass is 534 g/mol. The van der Waals surface area contributed by atoms with Gasteiger partial charge in [-0.25, -0.2) is 0 Å². The van der Waals surface area contributed by atoms with Crippen LogP contribution in [0.5, 0.6) is 5.75 Å². The van der Waals surface area contributed by atoms with Crippen LogP contribution in [0, 0.1) is 5.92 Å². The van der Waals surface area contributed by atoms with Crippen LogP contribution in [0.1, 0.15) is 16.7 Å². The van der Waals surface area contributed by atoms with E-state index in [4.69, 9.17) is 14.2 Å². The molecule has 4 rings (SSSR count). The number of esters is 2. The van der Waals surface area contributed by atoms with Gasteiger partial charge < -0.3 is 19.4 Å². The zero-order chi connectivity index (χ0) is 27.1. The van der Waals surface area contributed by atoms with E-state index in [1.807, 2.05) is 48.5 Å². The highest BCUT2D eigenvalue weighted by atomic mass is 32.1. The summed E-state index contributed by atoms with van der Waals surface area (Å²) in [6.07, 6.45) is 0.144. The smallest absolute Gasteiger partial charge is 0.320 e. The Kier molecular flexibility index (Phi) is 8.55.